The number of ether oxygens (including phenoxy) is 1. The van der Waals surface area contributed by atoms with Crippen molar-refractivity contribution in [1.29, 1.82) is 0 Å². The molecule has 2 N–H and O–H groups in total. The lowest BCUT2D eigenvalue weighted by molar-refractivity contribution is 0.0607. The SMILES string of the molecule is COC(=O)c1sc(-c2ccc(F)cc2F)cc1N. The van der Waals surface area contributed by atoms with Gasteiger partial charge in [-0.3, -0.25) is 0 Å². The van der Waals surface area contributed by atoms with E-state index >= 15 is 0 Å². The van der Waals surface area contributed by atoms with Gasteiger partial charge < -0.3 is 10.5 Å². The summed E-state index contributed by atoms with van der Waals surface area (Å²) >= 11 is 1.00. The molecule has 1 aromatic carbocycles. The van der Waals surface area contributed by atoms with E-state index in [1.54, 1.807) is 0 Å². The molecule has 3 nitrogen and oxygen atoms in total. The first-order valence-corrected chi connectivity index (χ1v) is 5.77. The molecule has 0 fully saturated rings. The number of nitrogens with two attached hydrogens (primary N) is 1. The van der Waals surface area contributed by atoms with Crippen LogP contribution in [0.5, 0.6) is 0 Å². The fraction of sp³-hybridized carbons (Fsp3) is 0.0833. The minimum absolute atomic E-state index is 0.197. The third-order valence-corrected chi connectivity index (χ3v) is 3.49. The molecule has 0 saturated heterocycles. The minimum Gasteiger partial charge on any atom is -0.465 e. The number of halogens is 2. The largest absolute Gasteiger partial charge is 0.465 e. The number of hydrogen-bond acceptors (Lipinski definition) is 4. The molecule has 2 aromatic rings. The lowest BCUT2D eigenvalue weighted by atomic mass is 10.1. The second-order valence-corrected chi connectivity index (χ2v) is 4.56. The molecule has 18 heavy (non-hydrogen) atoms. The number of carbonyl (C=O) groups is 1. The van der Waals surface area contributed by atoms with Crippen LogP contribution in [0.25, 0.3) is 10.4 Å². The molecular formula is C12H9F2NO2S. The quantitative estimate of drug-likeness (QED) is 0.852. The van der Waals surface area contributed by atoms with Gasteiger partial charge in [0.15, 0.2) is 0 Å². The molecule has 0 amide bonds. The van der Waals surface area contributed by atoms with Gasteiger partial charge in [0.05, 0.1) is 12.8 Å². The molecular weight excluding hydrogens is 260 g/mol. The van der Waals surface area contributed by atoms with Crippen molar-refractivity contribution in [2.75, 3.05) is 12.8 Å². The van der Waals surface area contributed by atoms with Crippen molar-refractivity contribution in [3.05, 3.63) is 40.8 Å². The third kappa shape index (κ3) is 2.19. The Morgan fingerprint density at radius 1 is 1.33 bits per heavy atom. The predicted molar refractivity (Wildman–Crippen MR) is 65.4 cm³/mol. The van der Waals surface area contributed by atoms with E-state index in [2.05, 4.69) is 4.74 Å². The van der Waals surface area contributed by atoms with E-state index in [0.29, 0.717) is 4.88 Å². The van der Waals surface area contributed by atoms with Crippen molar-refractivity contribution >= 4 is 23.0 Å². The van der Waals surface area contributed by atoms with E-state index in [4.69, 9.17) is 5.73 Å². The van der Waals surface area contributed by atoms with Gasteiger partial charge in [0, 0.05) is 16.5 Å². The molecule has 0 aliphatic rings. The topological polar surface area (TPSA) is 52.3 Å². The molecule has 0 bridgehead atoms. The van der Waals surface area contributed by atoms with Crippen LogP contribution in [0.2, 0.25) is 0 Å². The first-order chi connectivity index (χ1) is 8.52. The van der Waals surface area contributed by atoms with E-state index in [-0.39, 0.29) is 16.1 Å². The fourth-order valence-corrected chi connectivity index (χ4v) is 2.50. The summed E-state index contributed by atoms with van der Waals surface area (Å²) in [7, 11) is 1.24. The highest BCUT2D eigenvalue weighted by Crippen LogP contribution is 2.35. The summed E-state index contributed by atoms with van der Waals surface area (Å²) in [5.41, 5.74) is 6.06. The van der Waals surface area contributed by atoms with Crippen molar-refractivity contribution in [2.24, 2.45) is 0 Å². The second-order valence-electron chi connectivity index (χ2n) is 3.51. The fourth-order valence-electron chi connectivity index (χ4n) is 1.48. The smallest absolute Gasteiger partial charge is 0.350 e. The van der Waals surface area contributed by atoms with E-state index in [0.717, 1.165) is 23.5 Å². The van der Waals surface area contributed by atoms with Crippen molar-refractivity contribution < 1.29 is 18.3 Å². The van der Waals surface area contributed by atoms with Crippen LogP contribution in [0.3, 0.4) is 0 Å². The molecule has 0 radical (unpaired) electrons. The van der Waals surface area contributed by atoms with Crippen LogP contribution in [0.15, 0.2) is 24.3 Å². The van der Waals surface area contributed by atoms with Gasteiger partial charge in [-0.2, -0.15) is 0 Å². The number of carbonyl (C=O) groups excluding carboxylic acids is 1. The number of hydrogen-bond donors (Lipinski definition) is 1. The molecule has 0 spiro atoms. The van der Waals surface area contributed by atoms with Crippen LogP contribution in [0, 0.1) is 11.6 Å². The van der Waals surface area contributed by atoms with Crippen LogP contribution >= 0.6 is 11.3 Å². The Morgan fingerprint density at radius 3 is 2.67 bits per heavy atom. The minimum atomic E-state index is -0.701. The summed E-state index contributed by atoms with van der Waals surface area (Å²) in [5.74, 6) is -1.94. The first-order valence-electron chi connectivity index (χ1n) is 4.96. The molecule has 1 heterocycles. The van der Waals surface area contributed by atoms with Gasteiger partial charge in [-0.05, 0) is 18.2 Å². The molecule has 0 unspecified atom stereocenters. The van der Waals surface area contributed by atoms with Crippen molar-refractivity contribution in [3.63, 3.8) is 0 Å². The Kier molecular flexibility index (Phi) is 3.29. The maximum absolute atomic E-state index is 13.6. The van der Waals surface area contributed by atoms with Crippen LogP contribution in [-0.4, -0.2) is 13.1 Å². The number of esters is 1. The second kappa shape index (κ2) is 4.73. The van der Waals surface area contributed by atoms with Crippen molar-refractivity contribution in [3.8, 4) is 10.4 Å². The molecule has 0 aliphatic heterocycles. The predicted octanol–water partition coefficient (Wildman–Crippen LogP) is 3.06. The molecule has 0 saturated carbocycles. The zero-order chi connectivity index (χ0) is 13.3. The summed E-state index contributed by atoms with van der Waals surface area (Å²) in [4.78, 5) is 12.0. The van der Waals surface area contributed by atoms with Gasteiger partial charge in [-0.15, -0.1) is 11.3 Å². The van der Waals surface area contributed by atoms with Crippen LogP contribution in [0.1, 0.15) is 9.67 Å². The standard InChI is InChI=1S/C12H9F2NO2S/c1-17-12(16)11-9(15)5-10(18-11)7-3-2-6(13)4-8(7)14/h2-5H,15H2,1H3. The van der Waals surface area contributed by atoms with E-state index < -0.39 is 17.6 Å². The van der Waals surface area contributed by atoms with E-state index in [1.807, 2.05) is 0 Å². The summed E-state index contributed by atoms with van der Waals surface area (Å²) < 4.78 is 30.9. The van der Waals surface area contributed by atoms with Crippen LogP contribution in [-0.2, 0) is 4.74 Å². The number of benzene rings is 1. The number of anilines is 1. The Hall–Kier alpha value is -1.95. The molecule has 6 heteroatoms. The van der Waals surface area contributed by atoms with E-state index in [1.165, 1.54) is 19.2 Å². The van der Waals surface area contributed by atoms with Gasteiger partial charge >= 0.3 is 5.97 Å². The molecule has 0 atom stereocenters. The lowest BCUT2D eigenvalue weighted by Gasteiger charge is -1.99. The van der Waals surface area contributed by atoms with E-state index in [9.17, 15) is 13.6 Å². The summed E-state index contributed by atoms with van der Waals surface area (Å²) in [6.07, 6.45) is 0. The highest BCUT2D eigenvalue weighted by molar-refractivity contribution is 7.18. The normalized spacial score (nSPS) is 10.4. The first kappa shape index (κ1) is 12.5. The maximum atomic E-state index is 13.6. The molecule has 94 valence electrons. The van der Waals surface area contributed by atoms with Gasteiger partial charge in [-0.25, -0.2) is 13.6 Å². The zero-order valence-electron chi connectivity index (χ0n) is 9.37. The van der Waals surface area contributed by atoms with Gasteiger partial charge in [-0.1, -0.05) is 0 Å². The molecule has 1 aromatic heterocycles. The Balaban J connectivity index is 2.49. The molecule has 0 aliphatic carbocycles. The Morgan fingerprint density at radius 2 is 2.06 bits per heavy atom. The molecule has 2 rings (SSSR count). The number of rotatable bonds is 2. The summed E-state index contributed by atoms with van der Waals surface area (Å²) in [6, 6.07) is 4.69. The number of methoxy groups -OCH3 is 1. The van der Waals surface area contributed by atoms with Gasteiger partial charge in [0.25, 0.3) is 0 Å². The van der Waals surface area contributed by atoms with Gasteiger partial charge in [0.2, 0.25) is 0 Å². The summed E-state index contributed by atoms with van der Waals surface area (Å²) in [6.45, 7) is 0. The Bertz CT molecular complexity index is 610. The van der Waals surface area contributed by atoms with Gasteiger partial charge in [0.1, 0.15) is 16.5 Å². The Labute approximate surface area is 106 Å². The van der Waals surface area contributed by atoms with Crippen molar-refractivity contribution in [2.45, 2.75) is 0 Å². The number of thiophene rings is 1. The third-order valence-electron chi connectivity index (χ3n) is 2.33. The zero-order valence-corrected chi connectivity index (χ0v) is 10.2. The highest BCUT2D eigenvalue weighted by atomic mass is 32.1. The van der Waals surface area contributed by atoms with Crippen LogP contribution < -0.4 is 5.73 Å². The average molecular weight is 269 g/mol. The average Bonchev–Trinajstić information content (AvgIpc) is 2.70. The lowest BCUT2D eigenvalue weighted by Crippen LogP contribution is -2.00. The summed E-state index contributed by atoms with van der Waals surface area (Å²) in [5, 5.41) is 0. The number of nitrogen functional groups attached to an aromatic ring is 1. The van der Waals surface area contributed by atoms with Crippen molar-refractivity contribution in [1.82, 2.24) is 0 Å². The van der Waals surface area contributed by atoms with Crippen LogP contribution in [0.4, 0.5) is 14.5 Å². The highest BCUT2D eigenvalue weighted by Gasteiger charge is 2.17. The maximum Gasteiger partial charge on any atom is 0.350 e. The monoisotopic (exact) mass is 269 g/mol.